The topological polar surface area (TPSA) is 68.1 Å². The Bertz CT molecular complexity index is 1040. The van der Waals surface area contributed by atoms with Gasteiger partial charge >= 0.3 is 0 Å². The molecule has 0 N–H and O–H groups in total. The minimum absolute atomic E-state index is 0.0944. The minimum atomic E-state index is -3.46. The second kappa shape index (κ2) is 5.93. The average molecular weight is 356 g/mol. The molecular formula is C18H20N4O2S. The lowest BCUT2D eigenvalue weighted by Crippen LogP contribution is -2.29. The van der Waals surface area contributed by atoms with E-state index in [0.717, 1.165) is 28.8 Å². The van der Waals surface area contributed by atoms with Gasteiger partial charge in [0.05, 0.1) is 22.1 Å². The number of aromatic nitrogens is 3. The summed E-state index contributed by atoms with van der Waals surface area (Å²) in [5.41, 5.74) is 2.81. The molecule has 4 rings (SSSR count). The molecule has 130 valence electrons. The molecule has 0 spiro atoms. The van der Waals surface area contributed by atoms with E-state index >= 15 is 0 Å². The summed E-state index contributed by atoms with van der Waals surface area (Å²) in [6.45, 7) is 2.88. The van der Waals surface area contributed by atoms with Crippen LogP contribution < -0.4 is 0 Å². The number of sulfonamides is 1. The number of rotatable bonds is 3. The van der Waals surface area contributed by atoms with Gasteiger partial charge in [0.2, 0.25) is 10.0 Å². The van der Waals surface area contributed by atoms with Gasteiger partial charge in [-0.25, -0.2) is 13.4 Å². The standard InChI is InChI=1S/C18H20N4O2S/c1-13-4-3-5-15(10-13)25(23,24)22-9-7-14(12-22)18-20-16-6-8-19-11-17(16)21(18)2/h3-6,8,10-11,14H,7,9,12H2,1-2H3/t14-/m0/s1. The van der Waals surface area contributed by atoms with E-state index < -0.39 is 10.0 Å². The van der Waals surface area contributed by atoms with E-state index in [1.807, 2.05) is 30.7 Å². The Morgan fingerprint density at radius 1 is 1.24 bits per heavy atom. The van der Waals surface area contributed by atoms with Gasteiger partial charge in [0.15, 0.2) is 0 Å². The number of hydrogen-bond acceptors (Lipinski definition) is 4. The average Bonchev–Trinajstić information content (AvgIpc) is 3.21. The van der Waals surface area contributed by atoms with Gasteiger partial charge in [-0.1, -0.05) is 12.1 Å². The first-order valence-corrected chi connectivity index (χ1v) is 9.74. The molecule has 3 aromatic rings. The van der Waals surface area contributed by atoms with Crippen LogP contribution in [0.1, 0.15) is 23.7 Å². The fourth-order valence-corrected chi connectivity index (χ4v) is 5.11. The highest BCUT2D eigenvalue weighted by molar-refractivity contribution is 7.89. The van der Waals surface area contributed by atoms with Gasteiger partial charge in [0.25, 0.3) is 0 Å². The van der Waals surface area contributed by atoms with Gasteiger partial charge < -0.3 is 4.57 Å². The second-order valence-electron chi connectivity index (χ2n) is 6.56. The van der Waals surface area contributed by atoms with Gasteiger partial charge in [0.1, 0.15) is 5.82 Å². The molecule has 6 nitrogen and oxygen atoms in total. The summed E-state index contributed by atoms with van der Waals surface area (Å²) in [6, 6.07) is 8.96. The van der Waals surface area contributed by atoms with Crippen LogP contribution in [-0.2, 0) is 17.1 Å². The van der Waals surface area contributed by atoms with E-state index in [0.29, 0.717) is 18.0 Å². The Hall–Kier alpha value is -2.25. The molecule has 0 bridgehead atoms. The van der Waals surface area contributed by atoms with Crippen molar-refractivity contribution in [3.63, 3.8) is 0 Å². The second-order valence-corrected chi connectivity index (χ2v) is 8.50. The van der Waals surface area contributed by atoms with Crippen LogP contribution >= 0.6 is 0 Å². The van der Waals surface area contributed by atoms with Gasteiger partial charge in [-0.2, -0.15) is 4.31 Å². The number of hydrogen-bond donors (Lipinski definition) is 0. The smallest absolute Gasteiger partial charge is 0.243 e. The Labute approximate surface area is 147 Å². The molecule has 3 heterocycles. The SMILES string of the molecule is Cc1cccc(S(=O)(=O)N2CC[C@H](c3nc4ccncc4n3C)C2)c1. The molecule has 0 amide bonds. The van der Waals surface area contributed by atoms with Gasteiger partial charge in [-0.3, -0.25) is 4.98 Å². The van der Waals surface area contributed by atoms with Crippen LogP contribution in [0.5, 0.6) is 0 Å². The maximum Gasteiger partial charge on any atom is 0.243 e. The predicted molar refractivity (Wildman–Crippen MR) is 95.8 cm³/mol. The number of fused-ring (bicyclic) bond motifs is 1. The summed E-state index contributed by atoms with van der Waals surface area (Å²) < 4.78 is 29.4. The summed E-state index contributed by atoms with van der Waals surface area (Å²) in [5, 5.41) is 0. The van der Waals surface area contributed by atoms with Crippen molar-refractivity contribution in [3.05, 3.63) is 54.1 Å². The van der Waals surface area contributed by atoms with E-state index in [-0.39, 0.29) is 5.92 Å². The summed E-state index contributed by atoms with van der Waals surface area (Å²) in [7, 11) is -1.50. The Balaban J connectivity index is 1.63. The van der Waals surface area contributed by atoms with Crippen LogP contribution in [0.25, 0.3) is 11.0 Å². The van der Waals surface area contributed by atoms with Crippen molar-refractivity contribution in [2.75, 3.05) is 13.1 Å². The molecule has 0 aliphatic carbocycles. The van der Waals surface area contributed by atoms with Gasteiger partial charge in [-0.05, 0) is 37.1 Å². The zero-order valence-electron chi connectivity index (χ0n) is 14.3. The summed E-state index contributed by atoms with van der Waals surface area (Å²) in [6.07, 6.45) is 4.29. The van der Waals surface area contributed by atoms with Crippen LogP contribution in [0.2, 0.25) is 0 Å². The molecule has 1 atom stereocenters. The molecule has 1 aliphatic rings. The van der Waals surface area contributed by atoms with Crippen molar-refractivity contribution < 1.29 is 8.42 Å². The zero-order chi connectivity index (χ0) is 17.6. The van der Waals surface area contributed by atoms with Crippen molar-refractivity contribution in [2.45, 2.75) is 24.2 Å². The molecule has 1 aromatic carbocycles. The van der Waals surface area contributed by atoms with Crippen molar-refractivity contribution in [1.29, 1.82) is 0 Å². The van der Waals surface area contributed by atoms with E-state index in [4.69, 9.17) is 4.98 Å². The molecule has 1 aliphatic heterocycles. The normalized spacial score (nSPS) is 18.9. The van der Waals surface area contributed by atoms with E-state index in [1.165, 1.54) is 0 Å². The highest BCUT2D eigenvalue weighted by Gasteiger charge is 2.35. The van der Waals surface area contributed by atoms with Gasteiger partial charge in [0, 0.05) is 32.3 Å². The lowest BCUT2D eigenvalue weighted by molar-refractivity contribution is 0.470. The Morgan fingerprint density at radius 3 is 2.84 bits per heavy atom. The summed E-state index contributed by atoms with van der Waals surface area (Å²) in [4.78, 5) is 9.21. The monoisotopic (exact) mass is 356 g/mol. The third-order valence-electron chi connectivity index (χ3n) is 4.86. The molecule has 2 aromatic heterocycles. The van der Waals surface area contributed by atoms with E-state index in [1.54, 1.807) is 34.9 Å². The number of pyridine rings is 1. The number of imidazole rings is 1. The lowest BCUT2D eigenvalue weighted by atomic mass is 10.1. The first-order valence-electron chi connectivity index (χ1n) is 8.30. The van der Waals surface area contributed by atoms with Gasteiger partial charge in [-0.15, -0.1) is 0 Å². The van der Waals surface area contributed by atoms with Crippen LogP contribution in [0, 0.1) is 6.92 Å². The van der Waals surface area contributed by atoms with E-state index in [2.05, 4.69) is 4.98 Å². The molecule has 0 radical (unpaired) electrons. The van der Waals surface area contributed by atoms with Crippen molar-refractivity contribution >= 4 is 21.1 Å². The summed E-state index contributed by atoms with van der Waals surface area (Å²) in [5.74, 6) is 1.02. The number of aryl methyl sites for hydroxylation is 2. The first-order chi connectivity index (χ1) is 12.0. The highest BCUT2D eigenvalue weighted by Crippen LogP contribution is 2.32. The molecule has 25 heavy (non-hydrogen) atoms. The van der Waals surface area contributed by atoms with E-state index in [9.17, 15) is 8.42 Å². The van der Waals surface area contributed by atoms with Crippen LogP contribution in [0.4, 0.5) is 0 Å². The molecular weight excluding hydrogens is 336 g/mol. The van der Waals surface area contributed by atoms with Crippen LogP contribution in [-0.4, -0.2) is 40.3 Å². The number of benzene rings is 1. The highest BCUT2D eigenvalue weighted by atomic mass is 32.2. The minimum Gasteiger partial charge on any atom is -0.330 e. The van der Waals surface area contributed by atoms with Crippen molar-refractivity contribution in [1.82, 2.24) is 18.8 Å². The van der Waals surface area contributed by atoms with Crippen molar-refractivity contribution in [2.24, 2.45) is 7.05 Å². The third kappa shape index (κ3) is 2.73. The quantitative estimate of drug-likeness (QED) is 0.723. The molecule has 1 fully saturated rings. The van der Waals surface area contributed by atoms with Crippen molar-refractivity contribution in [3.8, 4) is 0 Å². The molecule has 0 saturated carbocycles. The van der Waals surface area contributed by atoms with Crippen LogP contribution in [0.3, 0.4) is 0 Å². The maximum atomic E-state index is 12.9. The largest absolute Gasteiger partial charge is 0.330 e. The Kier molecular flexibility index (Phi) is 3.85. The Morgan fingerprint density at radius 2 is 2.08 bits per heavy atom. The molecule has 7 heteroatoms. The zero-order valence-corrected chi connectivity index (χ0v) is 15.1. The molecule has 0 unspecified atom stereocenters. The fraction of sp³-hybridized carbons (Fsp3) is 0.333. The summed E-state index contributed by atoms with van der Waals surface area (Å²) >= 11 is 0. The molecule has 1 saturated heterocycles. The fourth-order valence-electron chi connectivity index (χ4n) is 3.50. The predicted octanol–water partition coefficient (Wildman–Crippen LogP) is 2.45. The third-order valence-corrected chi connectivity index (χ3v) is 6.72. The number of nitrogens with zero attached hydrogens (tertiary/aromatic N) is 4. The first kappa shape index (κ1) is 16.2. The lowest BCUT2D eigenvalue weighted by Gasteiger charge is -2.17. The van der Waals surface area contributed by atoms with Crippen LogP contribution in [0.15, 0.2) is 47.6 Å². The maximum absolute atomic E-state index is 12.9.